The van der Waals surface area contributed by atoms with Crippen molar-refractivity contribution in [2.75, 3.05) is 14.2 Å². The van der Waals surface area contributed by atoms with Crippen molar-refractivity contribution in [1.29, 1.82) is 0 Å². The minimum Gasteiger partial charge on any atom is -0.497 e. The van der Waals surface area contributed by atoms with E-state index in [-0.39, 0.29) is 11.9 Å². The Labute approximate surface area is 90.0 Å². The fraction of sp³-hybridized carbons (Fsp3) is 0.417. The zero-order chi connectivity index (χ0) is 11.3. The molecule has 0 aromatic heterocycles. The quantitative estimate of drug-likeness (QED) is 0.712. The van der Waals surface area contributed by atoms with Crippen molar-refractivity contribution in [3.8, 4) is 5.75 Å². The molecule has 15 heavy (non-hydrogen) atoms. The Bertz CT molecular complexity index is 316. The van der Waals surface area contributed by atoms with Crippen LogP contribution in [0.1, 0.15) is 24.8 Å². The molecular weight excluding hydrogens is 192 g/mol. The average molecular weight is 208 g/mol. The lowest BCUT2D eigenvalue weighted by atomic mass is 9.98. The summed E-state index contributed by atoms with van der Waals surface area (Å²) in [5, 5.41) is 0. The van der Waals surface area contributed by atoms with Crippen LogP contribution < -0.4 is 4.74 Å². The molecule has 1 aromatic rings. The van der Waals surface area contributed by atoms with Gasteiger partial charge in [0.1, 0.15) is 5.75 Å². The molecule has 0 amide bonds. The van der Waals surface area contributed by atoms with Gasteiger partial charge in [-0.25, -0.2) is 0 Å². The van der Waals surface area contributed by atoms with Crippen LogP contribution >= 0.6 is 0 Å². The van der Waals surface area contributed by atoms with Gasteiger partial charge in [0, 0.05) is 0 Å². The highest BCUT2D eigenvalue weighted by atomic mass is 16.5. The second-order valence-corrected chi connectivity index (χ2v) is 3.45. The van der Waals surface area contributed by atoms with Gasteiger partial charge in [-0.2, -0.15) is 0 Å². The Balaban J connectivity index is 2.65. The third-order valence-electron chi connectivity index (χ3n) is 2.39. The molecule has 1 atom stereocenters. The van der Waals surface area contributed by atoms with Gasteiger partial charge in [0.25, 0.3) is 0 Å². The lowest BCUT2D eigenvalue weighted by molar-refractivity contribution is -0.140. The molecule has 0 unspecified atom stereocenters. The van der Waals surface area contributed by atoms with E-state index in [1.54, 1.807) is 7.11 Å². The summed E-state index contributed by atoms with van der Waals surface area (Å²) < 4.78 is 9.68. The molecular formula is C12H16O3. The van der Waals surface area contributed by atoms with Gasteiger partial charge in [-0.3, -0.25) is 4.79 Å². The molecule has 0 N–H and O–H groups in total. The monoisotopic (exact) mass is 208 g/mol. The van der Waals surface area contributed by atoms with E-state index in [2.05, 4.69) is 4.74 Å². The molecule has 1 rings (SSSR count). The van der Waals surface area contributed by atoms with Gasteiger partial charge in [-0.05, 0) is 23.6 Å². The van der Waals surface area contributed by atoms with Crippen molar-refractivity contribution in [3.63, 3.8) is 0 Å². The number of carbonyl (C=O) groups is 1. The van der Waals surface area contributed by atoms with E-state index in [9.17, 15) is 4.79 Å². The Morgan fingerprint density at radius 3 is 2.33 bits per heavy atom. The van der Waals surface area contributed by atoms with Gasteiger partial charge in [0.15, 0.2) is 0 Å². The van der Waals surface area contributed by atoms with Crippen molar-refractivity contribution < 1.29 is 14.3 Å². The second kappa shape index (κ2) is 5.39. The molecule has 0 saturated heterocycles. The standard InChI is InChI=1S/C12H16O3/c1-9(8-12(13)15-3)10-4-6-11(14-2)7-5-10/h4-7,9H,8H2,1-3H3/t9-/m1/s1. The van der Waals surface area contributed by atoms with Crippen LogP contribution in [0.2, 0.25) is 0 Å². The first-order valence-corrected chi connectivity index (χ1v) is 4.88. The molecule has 0 fully saturated rings. The highest BCUT2D eigenvalue weighted by Gasteiger charge is 2.11. The molecule has 1 aromatic carbocycles. The zero-order valence-electron chi connectivity index (χ0n) is 9.32. The molecule has 0 spiro atoms. The second-order valence-electron chi connectivity index (χ2n) is 3.45. The van der Waals surface area contributed by atoms with Crippen LogP contribution in [0, 0.1) is 0 Å². The van der Waals surface area contributed by atoms with Crippen molar-refractivity contribution in [1.82, 2.24) is 0 Å². The predicted octanol–water partition coefficient (Wildman–Crippen LogP) is 2.36. The van der Waals surface area contributed by atoms with Gasteiger partial charge in [0.2, 0.25) is 0 Å². The number of carbonyl (C=O) groups excluding carboxylic acids is 1. The van der Waals surface area contributed by atoms with Crippen LogP contribution in [-0.4, -0.2) is 20.2 Å². The Kier molecular flexibility index (Phi) is 4.16. The number of hydrogen-bond acceptors (Lipinski definition) is 3. The molecule has 0 heterocycles. The van der Waals surface area contributed by atoms with Crippen LogP contribution in [0.3, 0.4) is 0 Å². The van der Waals surface area contributed by atoms with Gasteiger partial charge < -0.3 is 9.47 Å². The first-order chi connectivity index (χ1) is 7.17. The van der Waals surface area contributed by atoms with Crippen molar-refractivity contribution in [2.45, 2.75) is 19.3 Å². The lowest BCUT2D eigenvalue weighted by Gasteiger charge is -2.10. The number of hydrogen-bond donors (Lipinski definition) is 0. The molecule has 0 aliphatic carbocycles. The number of ether oxygens (including phenoxy) is 2. The zero-order valence-corrected chi connectivity index (χ0v) is 9.32. The molecule has 82 valence electrons. The highest BCUT2D eigenvalue weighted by Crippen LogP contribution is 2.21. The third-order valence-corrected chi connectivity index (χ3v) is 2.39. The van der Waals surface area contributed by atoms with Crippen LogP contribution in [0.5, 0.6) is 5.75 Å². The van der Waals surface area contributed by atoms with Crippen LogP contribution in [0.25, 0.3) is 0 Å². The Morgan fingerprint density at radius 1 is 1.27 bits per heavy atom. The average Bonchev–Trinajstić information content (AvgIpc) is 2.29. The maximum Gasteiger partial charge on any atom is 0.306 e. The smallest absolute Gasteiger partial charge is 0.306 e. The minimum absolute atomic E-state index is 0.170. The topological polar surface area (TPSA) is 35.5 Å². The maximum atomic E-state index is 11.1. The summed E-state index contributed by atoms with van der Waals surface area (Å²) in [6.45, 7) is 2.00. The first kappa shape index (κ1) is 11.6. The Hall–Kier alpha value is -1.51. The van der Waals surface area contributed by atoms with E-state index in [0.717, 1.165) is 11.3 Å². The van der Waals surface area contributed by atoms with Crippen LogP contribution in [0.15, 0.2) is 24.3 Å². The maximum absolute atomic E-state index is 11.1. The summed E-state index contributed by atoms with van der Waals surface area (Å²) in [5.74, 6) is 0.811. The summed E-state index contributed by atoms with van der Waals surface area (Å²) in [5.41, 5.74) is 1.11. The molecule has 0 saturated carbocycles. The summed E-state index contributed by atoms with van der Waals surface area (Å²) in [6.07, 6.45) is 0.406. The molecule has 0 bridgehead atoms. The normalized spacial score (nSPS) is 11.9. The van der Waals surface area contributed by atoms with Gasteiger partial charge >= 0.3 is 5.97 Å². The van der Waals surface area contributed by atoms with Crippen molar-refractivity contribution in [2.24, 2.45) is 0 Å². The van der Waals surface area contributed by atoms with Crippen molar-refractivity contribution in [3.05, 3.63) is 29.8 Å². The molecule has 0 aliphatic heterocycles. The van der Waals surface area contributed by atoms with E-state index in [4.69, 9.17) is 4.74 Å². The number of esters is 1. The fourth-order valence-corrected chi connectivity index (χ4v) is 1.38. The highest BCUT2D eigenvalue weighted by molar-refractivity contribution is 5.70. The summed E-state index contributed by atoms with van der Waals surface area (Å²) in [7, 11) is 3.04. The predicted molar refractivity (Wildman–Crippen MR) is 58.0 cm³/mol. The molecule has 3 heteroatoms. The van der Waals surface area contributed by atoms with Gasteiger partial charge in [-0.1, -0.05) is 19.1 Å². The molecule has 0 aliphatic rings. The molecule has 0 radical (unpaired) electrons. The van der Waals surface area contributed by atoms with E-state index in [0.29, 0.717) is 6.42 Å². The van der Waals surface area contributed by atoms with Gasteiger partial charge in [0.05, 0.1) is 20.6 Å². The first-order valence-electron chi connectivity index (χ1n) is 4.88. The van der Waals surface area contributed by atoms with E-state index < -0.39 is 0 Å². The minimum atomic E-state index is -0.182. The summed E-state index contributed by atoms with van der Waals surface area (Å²) >= 11 is 0. The number of benzene rings is 1. The SMILES string of the molecule is COC(=O)C[C@@H](C)c1ccc(OC)cc1. The number of rotatable bonds is 4. The van der Waals surface area contributed by atoms with E-state index >= 15 is 0 Å². The van der Waals surface area contributed by atoms with Gasteiger partial charge in [-0.15, -0.1) is 0 Å². The third kappa shape index (κ3) is 3.27. The van der Waals surface area contributed by atoms with E-state index in [1.807, 2.05) is 31.2 Å². The number of methoxy groups -OCH3 is 2. The Morgan fingerprint density at radius 2 is 1.87 bits per heavy atom. The van der Waals surface area contributed by atoms with Crippen molar-refractivity contribution >= 4 is 5.97 Å². The van der Waals surface area contributed by atoms with Crippen LogP contribution in [-0.2, 0) is 9.53 Å². The largest absolute Gasteiger partial charge is 0.497 e. The van der Waals surface area contributed by atoms with Crippen LogP contribution in [0.4, 0.5) is 0 Å². The fourth-order valence-electron chi connectivity index (χ4n) is 1.38. The van der Waals surface area contributed by atoms with E-state index in [1.165, 1.54) is 7.11 Å². The summed E-state index contributed by atoms with van der Waals surface area (Å²) in [6, 6.07) is 7.71. The summed E-state index contributed by atoms with van der Waals surface area (Å²) in [4.78, 5) is 11.1. The lowest BCUT2D eigenvalue weighted by Crippen LogP contribution is -2.05. The molecule has 3 nitrogen and oxygen atoms in total.